The summed E-state index contributed by atoms with van der Waals surface area (Å²) in [4.78, 5) is 7.38. The van der Waals surface area contributed by atoms with Crippen LogP contribution in [-0.4, -0.2) is 18.5 Å². The number of hydrogen-bond acceptors (Lipinski definition) is 1. The van der Waals surface area contributed by atoms with Crippen LogP contribution in [0.15, 0.2) is 9.98 Å². The third-order valence-corrected chi connectivity index (χ3v) is 0.997. The molecule has 0 aromatic rings. The van der Waals surface area contributed by atoms with Crippen LogP contribution in [0.4, 0.5) is 0 Å². The molecule has 0 aromatic heterocycles. The van der Waals surface area contributed by atoms with Crippen LogP contribution >= 0.6 is 0 Å². The molecule has 0 unspecified atom stereocenters. The molecule has 0 amide bonds. The van der Waals surface area contributed by atoms with Crippen LogP contribution < -0.4 is 17.2 Å². The van der Waals surface area contributed by atoms with E-state index < -0.39 is 0 Å². The lowest BCUT2D eigenvalue weighted by atomic mass is 10.3. The van der Waals surface area contributed by atoms with Gasteiger partial charge in [0.25, 0.3) is 0 Å². The summed E-state index contributed by atoms with van der Waals surface area (Å²) in [5.74, 6) is 2.49. The van der Waals surface area contributed by atoms with E-state index in [1.54, 1.807) is 0 Å². The number of aliphatic imine (C=N–C) groups is 2. The van der Waals surface area contributed by atoms with Crippen LogP contribution in [0, 0.1) is 12.3 Å². The van der Waals surface area contributed by atoms with E-state index in [-0.39, 0.29) is 11.9 Å². The van der Waals surface area contributed by atoms with E-state index in [1.165, 1.54) is 0 Å². The Morgan fingerprint density at radius 1 is 1.33 bits per heavy atom. The summed E-state index contributed by atoms with van der Waals surface area (Å²) in [6, 6.07) is 0. The Labute approximate surface area is 71.7 Å². The molecule has 0 aromatic carbocycles. The number of rotatable bonds is 3. The van der Waals surface area contributed by atoms with Crippen LogP contribution in [0.25, 0.3) is 0 Å². The first kappa shape index (κ1) is 10.3. The molecule has 0 bridgehead atoms. The molecule has 0 spiro atoms. The predicted octanol–water partition coefficient (Wildman–Crippen LogP) is -1.01. The van der Waals surface area contributed by atoms with Gasteiger partial charge in [-0.15, -0.1) is 12.3 Å². The molecule has 0 aliphatic heterocycles. The third kappa shape index (κ3) is 6.42. The van der Waals surface area contributed by atoms with E-state index in [4.69, 9.17) is 23.6 Å². The van der Waals surface area contributed by atoms with Crippen molar-refractivity contribution in [1.82, 2.24) is 0 Å². The fourth-order valence-electron chi connectivity index (χ4n) is 0.542. The first-order chi connectivity index (χ1) is 5.66. The van der Waals surface area contributed by atoms with Crippen molar-refractivity contribution in [2.75, 3.05) is 6.54 Å². The summed E-state index contributed by atoms with van der Waals surface area (Å²) in [6.45, 7) is 0.548. The highest BCUT2D eigenvalue weighted by molar-refractivity contribution is 5.92. The molecule has 0 aliphatic rings. The van der Waals surface area contributed by atoms with E-state index in [0.717, 1.165) is 6.42 Å². The van der Waals surface area contributed by atoms with Gasteiger partial charge in [0.15, 0.2) is 5.96 Å². The Bertz CT molecular complexity index is 218. The highest BCUT2D eigenvalue weighted by Crippen LogP contribution is 1.86. The van der Waals surface area contributed by atoms with Crippen molar-refractivity contribution in [1.29, 1.82) is 0 Å². The Morgan fingerprint density at radius 2 is 2.00 bits per heavy atom. The van der Waals surface area contributed by atoms with Crippen molar-refractivity contribution in [2.45, 2.75) is 12.8 Å². The molecule has 5 heteroatoms. The second-order valence-corrected chi connectivity index (χ2v) is 2.08. The van der Waals surface area contributed by atoms with Crippen molar-refractivity contribution in [2.24, 2.45) is 27.2 Å². The van der Waals surface area contributed by atoms with Crippen molar-refractivity contribution in [3.8, 4) is 12.3 Å². The summed E-state index contributed by atoms with van der Waals surface area (Å²) in [5.41, 5.74) is 15.4. The summed E-state index contributed by atoms with van der Waals surface area (Å²) < 4.78 is 0. The Kier molecular flexibility index (Phi) is 5.18. The highest BCUT2D eigenvalue weighted by Gasteiger charge is 1.87. The van der Waals surface area contributed by atoms with Gasteiger partial charge in [-0.05, 0) is 6.42 Å². The largest absolute Gasteiger partial charge is 0.370 e. The minimum atomic E-state index is -0.0896. The second kappa shape index (κ2) is 6.04. The maximum absolute atomic E-state index is 5.31. The van der Waals surface area contributed by atoms with E-state index in [0.29, 0.717) is 13.0 Å². The SMILES string of the molecule is C#CCCCN=C(N)N=C(N)N. The number of unbranched alkanes of at least 4 members (excludes halogenated alkanes) is 1. The van der Waals surface area contributed by atoms with Crippen molar-refractivity contribution >= 4 is 11.9 Å². The fraction of sp³-hybridized carbons (Fsp3) is 0.429. The Hall–Kier alpha value is -1.70. The molecular weight excluding hydrogens is 154 g/mol. The van der Waals surface area contributed by atoms with Crippen LogP contribution in [0.2, 0.25) is 0 Å². The monoisotopic (exact) mass is 167 g/mol. The van der Waals surface area contributed by atoms with E-state index in [9.17, 15) is 0 Å². The standard InChI is InChI=1S/C7H13N5/c1-2-3-4-5-11-7(10)12-6(8)9/h1H,3-5H2,(H6,8,9,10,11,12). The minimum absolute atomic E-state index is 0.0896. The summed E-state index contributed by atoms with van der Waals surface area (Å²) in [5, 5.41) is 0. The van der Waals surface area contributed by atoms with E-state index >= 15 is 0 Å². The van der Waals surface area contributed by atoms with Gasteiger partial charge in [-0.3, -0.25) is 4.99 Å². The van der Waals surface area contributed by atoms with Gasteiger partial charge in [0.05, 0.1) is 0 Å². The average molecular weight is 167 g/mol. The molecule has 66 valence electrons. The van der Waals surface area contributed by atoms with Crippen LogP contribution in [0.3, 0.4) is 0 Å². The molecule has 6 N–H and O–H groups in total. The molecule has 0 heterocycles. The number of nitrogens with zero attached hydrogens (tertiary/aromatic N) is 2. The lowest BCUT2D eigenvalue weighted by molar-refractivity contribution is 0.868. The van der Waals surface area contributed by atoms with Gasteiger partial charge < -0.3 is 17.2 Å². The van der Waals surface area contributed by atoms with Gasteiger partial charge in [-0.1, -0.05) is 0 Å². The van der Waals surface area contributed by atoms with Crippen molar-refractivity contribution in [3.63, 3.8) is 0 Å². The summed E-state index contributed by atoms with van der Waals surface area (Å²) >= 11 is 0. The van der Waals surface area contributed by atoms with Gasteiger partial charge in [0.2, 0.25) is 5.96 Å². The molecule has 0 radical (unpaired) electrons. The van der Waals surface area contributed by atoms with Gasteiger partial charge in [-0.2, -0.15) is 4.99 Å². The summed E-state index contributed by atoms with van der Waals surface area (Å²) in [6.07, 6.45) is 6.50. The topological polar surface area (TPSA) is 103 Å². The smallest absolute Gasteiger partial charge is 0.218 e. The third-order valence-electron chi connectivity index (χ3n) is 0.997. The first-order valence-corrected chi connectivity index (χ1v) is 3.50. The number of guanidine groups is 2. The molecule has 0 saturated carbocycles. The van der Waals surface area contributed by atoms with Crippen molar-refractivity contribution < 1.29 is 0 Å². The van der Waals surface area contributed by atoms with Gasteiger partial charge >= 0.3 is 0 Å². The normalized spacial score (nSPS) is 10.4. The van der Waals surface area contributed by atoms with Gasteiger partial charge in [0, 0.05) is 13.0 Å². The zero-order valence-electron chi connectivity index (χ0n) is 6.83. The lowest BCUT2D eigenvalue weighted by Crippen LogP contribution is -2.26. The predicted molar refractivity (Wildman–Crippen MR) is 50.4 cm³/mol. The number of hydrogen-bond donors (Lipinski definition) is 3. The Balaban J connectivity index is 3.71. The lowest BCUT2D eigenvalue weighted by Gasteiger charge is -1.93. The fourth-order valence-corrected chi connectivity index (χ4v) is 0.542. The molecule has 0 saturated heterocycles. The van der Waals surface area contributed by atoms with Gasteiger partial charge in [-0.25, -0.2) is 0 Å². The second-order valence-electron chi connectivity index (χ2n) is 2.08. The maximum Gasteiger partial charge on any atom is 0.218 e. The van der Waals surface area contributed by atoms with Crippen molar-refractivity contribution in [3.05, 3.63) is 0 Å². The molecule has 0 aliphatic carbocycles. The van der Waals surface area contributed by atoms with Crippen LogP contribution in [-0.2, 0) is 0 Å². The molecule has 5 nitrogen and oxygen atoms in total. The van der Waals surface area contributed by atoms with Crippen LogP contribution in [0.1, 0.15) is 12.8 Å². The molecule has 12 heavy (non-hydrogen) atoms. The van der Waals surface area contributed by atoms with Gasteiger partial charge in [0.1, 0.15) is 0 Å². The Morgan fingerprint density at radius 3 is 2.50 bits per heavy atom. The zero-order chi connectivity index (χ0) is 9.40. The first-order valence-electron chi connectivity index (χ1n) is 3.50. The molecular formula is C7H13N5. The number of nitrogens with two attached hydrogens (primary N) is 3. The van der Waals surface area contributed by atoms with Crippen LogP contribution in [0.5, 0.6) is 0 Å². The molecule has 0 rings (SSSR count). The average Bonchev–Trinajstić information content (AvgIpc) is 1.97. The summed E-state index contributed by atoms with van der Waals surface area (Å²) in [7, 11) is 0. The van der Waals surface area contributed by atoms with E-state index in [2.05, 4.69) is 15.9 Å². The minimum Gasteiger partial charge on any atom is -0.370 e. The van der Waals surface area contributed by atoms with E-state index in [1.807, 2.05) is 0 Å². The highest BCUT2D eigenvalue weighted by atomic mass is 15.1. The zero-order valence-corrected chi connectivity index (χ0v) is 6.83. The number of terminal acetylenes is 1. The molecule has 0 atom stereocenters. The molecule has 0 fully saturated rings. The maximum atomic E-state index is 5.31. The quantitative estimate of drug-likeness (QED) is 0.217.